The summed E-state index contributed by atoms with van der Waals surface area (Å²) in [6.07, 6.45) is -2.70. The summed E-state index contributed by atoms with van der Waals surface area (Å²) in [6.45, 7) is 2.33. The summed E-state index contributed by atoms with van der Waals surface area (Å²) in [6, 6.07) is 0. The molecular formula is C6H12MgO5. The van der Waals surface area contributed by atoms with Crippen LogP contribution in [-0.2, 0) is 14.3 Å². The van der Waals surface area contributed by atoms with Crippen molar-refractivity contribution in [1.82, 2.24) is 0 Å². The monoisotopic (exact) mass is 188 g/mol. The van der Waals surface area contributed by atoms with E-state index in [9.17, 15) is 9.59 Å². The maximum absolute atomic E-state index is 10.5. The fourth-order valence-corrected chi connectivity index (χ4v) is 0.270. The van der Waals surface area contributed by atoms with Crippen molar-refractivity contribution < 1.29 is 27.4 Å². The Bertz CT molecular complexity index is 156. The van der Waals surface area contributed by atoms with Crippen LogP contribution in [0, 0.1) is 0 Å². The summed E-state index contributed by atoms with van der Waals surface area (Å²) >= 11 is 0. The molecule has 0 aliphatic heterocycles. The van der Waals surface area contributed by atoms with Gasteiger partial charge in [0.15, 0.2) is 0 Å². The third-order valence-corrected chi connectivity index (χ3v) is 0.883. The molecule has 0 heterocycles. The Balaban J connectivity index is -0.000000167. The van der Waals surface area contributed by atoms with E-state index in [-0.39, 0.29) is 25.9 Å². The predicted octanol–water partition coefficient (Wildman–Crippen LogP) is -1.34. The Labute approximate surface area is 88.8 Å². The number of aliphatic hydroxyl groups is 2. The van der Waals surface area contributed by atoms with Gasteiger partial charge >= 0.3 is 35.0 Å². The number of esters is 2. The summed E-state index contributed by atoms with van der Waals surface area (Å²) in [5.74, 6) is -2.12. The Kier molecular flexibility index (Phi) is 7.60. The summed E-state index contributed by atoms with van der Waals surface area (Å²) in [4.78, 5) is 20.9. The number of carbonyl (C=O) groups is 2. The molecule has 12 heavy (non-hydrogen) atoms. The Morgan fingerprint density at radius 2 is 1.42 bits per heavy atom. The van der Waals surface area contributed by atoms with E-state index in [1.807, 2.05) is 0 Å². The summed E-state index contributed by atoms with van der Waals surface area (Å²) in [7, 11) is 0. The summed E-state index contributed by atoms with van der Waals surface area (Å²) < 4.78 is 4.00. The molecule has 0 aromatic heterocycles. The van der Waals surface area contributed by atoms with Gasteiger partial charge in [-0.2, -0.15) is 0 Å². The molecule has 0 fully saturated rings. The van der Waals surface area contributed by atoms with Gasteiger partial charge in [0.25, 0.3) is 0 Å². The van der Waals surface area contributed by atoms with E-state index in [1.165, 1.54) is 0 Å². The van der Waals surface area contributed by atoms with Gasteiger partial charge in [-0.15, -0.1) is 0 Å². The average Bonchev–Trinajstić information content (AvgIpc) is 1.87. The van der Waals surface area contributed by atoms with Crippen molar-refractivity contribution >= 4 is 35.0 Å². The van der Waals surface area contributed by atoms with Gasteiger partial charge in [0.2, 0.25) is 0 Å². The number of aliphatic hydroxyl groups excluding tert-OH is 2. The second kappa shape index (κ2) is 6.35. The van der Waals surface area contributed by atoms with E-state index in [2.05, 4.69) is 4.74 Å². The first-order valence-electron chi connectivity index (χ1n) is 3.06. The van der Waals surface area contributed by atoms with E-state index in [4.69, 9.17) is 10.2 Å². The fraction of sp³-hybridized carbons (Fsp3) is 0.667. The van der Waals surface area contributed by atoms with Crippen LogP contribution in [-0.4, -0.2) is 57.4 Å². The van der Waals surface area contributed by atoms with Crippen molar-refractivity contribution in [2.24, 2.45) is 0 Å². The number of hydrogen-bond acceptors (Lipinski definition) is 5. The van der Waals surface area contributed by atoms with Crippen LogP contribution in [0.25, 0.3) is 0 Å². The minimum atomic E-state index is -1.35. The molecule has 0 aliphatic rings. The van der Waals surface area contributed by atoms with Crippen molar-refractivity contribution in [2.75, 3.05) is 0 Å². The van der Waals surface area contributed by atoms with Gasteiger partial charge in [0.05, 0.1) is 0 Å². The topological polar surface area (TPSA) is 83.8 Å². The first-order chi connectivity index (χ1) is 4.95. The van der Waals surface area contributed by atoms with Gasteiger partial charge in [0, 0.05) is 0 Å². The maximum Gasteiger partial charge on any atom is 2.00 e. The van der Waals surface area contributed by atoms with Gasteiger partial charge in [-0.05, 0) is 13.8 Å². The van der Waals surface area contributed by atoms with Gasteiger partial charge in [-0.1, -0.05) is 0 Å². The van der Waals surface area contributed by atoms with Crippen LogP contribution >= 0.6 is 0 Å². The van der Waals surface area contributed by atoms with E-state index in [1.54, 1.807) is 0 Å². The van der Waals surface area contributed by atoms with Crippen LogP contribution in [0.5, 0.6) is 0 Å². The normalized spacial score (nSPS) is 14.0. The second-order valence-corrected chi connectivity index (χ2v) is 2.09. The van der Waals surface area contributed by atoms with Crippen molar-refractivity contribution in [3.05, 3.63) is 0 Å². The molecule has 0 aromatic carbocycles. The Hall–Kier alpha value is -0.174. The quantitative estimate of drug-likeness (QED) is 0.318. The van der Waals surface area contributed by atoms with Crippen LogP contribution < -0.4 is 0 Å². The zero-order chi connectivity index (χ0) is 9.02. The molecule has 0 aliphatic carbocycles. The third-order valence-electron chi connectivity index (χ3n) is 0.883. The molecule has 0 aromatic rings. The molecular weight excluding hydrogens is 176 g/mol. The first-order valence-corrected chi connectivity index (χ1v) is 3.06. The Morgan fingerprint density at radius 3 is 1.58 bits per heavy atom. The number of rotatable bonds is 2. The van der Waals surface area contributed by atoms with Gasteiger partial charge in [0.1, 0.15) is 12.2 Å². The molecule has 0 amide bonds. The zero-order valence-corrected chi connectivity index (χ0v) is 8.40. The molecule has 0 radical (unpaired) electrons. The molecule has 68 valence electrons. The summed E-state index contributed by atoms with van der Waals surface area (Å²) in [5.41, 5.74) is 0. The van der Waals surface area contributed by atoms with Gasteiger partial charge in [-0.25, -0.2) is 9.59 Å². The van der Waals surface area contributed by atoms with Crippen molar-refractivity contribution in [3.8, 4) is 0 Å². The van der Waals surface area contributed by atoms with Crippen molar-refractivity contribution in [3.63, 3.8) is 0 Å². The summed E-state index contributed by atoms with van der Waals surface area (Å²) in [5, 5.41) is 17.1. The van der Waals surface area contributed by atoms with Crippen LogP contribution in [0.3, 0.4) is 0 Å². The van der Waals surface area contributed by atoms with Crippen molar-refractivity contribution in [2.45, 2.75) is 26.1 Å². The van der Waals surface area contributed by atoms with Gasteiger partial charge < -0.3 is 17.8 Å². The fourth-order valence-electron chi connectivity index (χ4n) is 0.270. The van der Waals surface area contributed by atoms with Crippen LogP contribution in [0.15, 0.2) is 0 Å². The molecule has 2 unspecified atom stereocenters. The van der Waals surface area contributed by atoms with Crippen LogP contribution in [0.4, 0.5) is 0 Å². The molecule has 0 saturated heterocycles. The average molecular weight is 188 g/mol. The molecule has 2 N–H and O–H groups in total. The third kappa shape index (κ3) is 5.47. The number of hydrogen-bond donors (Lipinski definition) is 2. The smallest absolute Gasteiger partial charge is 1.00 e. The van der Waals surface area contributed by atoms with E-state index in [0.29, 0.717) is 0 Å². The predicted molar refractivity (Wildman–Crippen MR) is 42.4 cm³/mol. The van der Waals surface area contributed by atoms with Gasteiger partial charge in [-0.3, -0.25) is 0 Å². The first kappa shape index (κ1) is 14.4. The van der Waals surface area contributed by atoms with Crippen LogP contribution in [0.1, 0.15) is 16.7 Å². The molecule has 6 heteroatoms. The van der Waals surface area contributed by atoms with E-state index in [0.717, 1.165) is 13.8 Å². The van der Waals surface area contributed by atoms with Crippen LogP contribution in [0.2, 0.25) is 0 Å². The number of carbonyl (C=O) groups excluding carboxylic acids is 2. The Morgan fingerprint density at radius 1 is 1.17 bits per heavy atom. The standard InChI is InChI=1S/C6H10O5.Mg.2H/c1-3(7)5(9)11-6(10)4(2)8;;;/h3-4,7-8H,1-2H3;;;/q;+2;2*-1. The zero-order valence-electron chi connectivity index (χ0n) is 8.98. The minimum Gasteiger partial charge on any atom is -1.00 e. The van der Waals surface area contributed by atoms with Crippen molar-refractivity contribution in [1.29, 1.82) is 0 Å². The molecule has 0 saturated carbocycles. The molecule has 0 bridgehead atoms. The molecule has 2 atom stereocenters. The van der Waals surface area contributed by atoms with E-state index >= 15 is 0 Å². The largest absolute Gasteiger partial charge is 2.00 e. The van der Waals surface area contributed by atoms with E-state index < -0.39 is 24.1 Å². The minimum absolute atomic E-state index is 0. The molecule has 5 nitrogen and oxygen atoms in total. The second-order valence-electron chi connectivity index (χ2n) is 2.09. The maximum atomic E-state index is 10.5. The molecule has 0 spiro atoms. The number of ether oxygens (including phenoxy) is 1. The molecule has 0 rings (SSSR count). The SMILES string of the molecule is CC(O)C(=O)OC(=O)C(C)O.[H-].[H-].[Mg+2].